The summed E-state index contributed by atoms with van der Waals surface area (Å²) in [7, 11) is 1.66. The smallest absolute Gasteiger partial charge is 0.0643 e. The van der Waals surface area contributed by atoms with E-state index >= 15 is 0 Å². The van der Waals surface area contributed by atoms with E-state index in [9.17, 15) is 0 Å². The topological polar surface area (TPSA) is 44.5 Å². The zero-order chi connectivity index (χ0) is 8.10. The van der Waals surface area contributed by atoms with E-state index in [0.29, 0.717) is 19.3 Å². The summed E-state index contributed by atoms with van der Waals surface area (Å²) in [5, 5.41) is 0. The van der Waals surface area contributed by atoms with Crippen LogP contribution in [-0.4, -0.2) is 32.5 Å². The van der Waals surface area contributed by atoms with Crippen molar-refractivity contribution in [1.29, 1.82) is 0 Å². The Morgan fingerprint density at radius 2 is 2.18 bits per heavy atom. The molecule has 2 N–H and O–H groups in total. The van der Waals surface area contributed by atoms with Gasteiger partial charge in [-0.15, -0.1) is 0 Å². The van der Waals surface area contributed by atoms with E-state index in [1.165, 1.54) is 19.3 Å². The van der Waals surface area contributed by atoms with E-state index in [1.807, 2.05) is 0 Å². The second kappa shape index (κ2) is 4.70. The molecule has 0 radical (unpaired) electrons. The first-order valence-corrected chi connectivity index (χ1v) is 4.19. The molecule has 0 heterocycles. The van der Waals surface area contributed by atoms with Crippen molar-refractivity contribution < 1.29 is 9.47 Å². The fraction of sp³-hybridized carbons (Fsp3) is 1.00. The summed E-state index contributed by atoms with van der Waals surface area (Å²) in [6.07, 6.45) is 4.21. The highest BCUT2D eigenvalue weighted by Crippen LogP contribution is 2.21. The third-order valence-corrected chi connectivity index (χ3v) is 1.98. The molecule has 1 aliphatic rings. The molecule has 0 spiro atoms. The zero-order valence-electron chi connectivity index (χ0n) is 7.08. The quantitative estimate of drug-likeness (QED) is 0.636. The molecular weight excluding hydrogens is 142 g/mol. The summed E-state index contributed by atoms with van der Waals surface area (Å²) in [6.45, 7) is 1.23. The molecule has 1 saturated carbocycles. The average molecular weight is 159 g/mol. The Bertz CT molecular complexity index is 104. The van der Waals surface area contributed by atoms with Crippen molar-refractivity contribution in [1.82, 2.24) is 0 Å². The SMILES string of the molecule is COCC(N)COC1CCC1. The van der Waals surface area contributed by atoms with Crippen LogP contribution >= 0.6 is 0 Å². The predicted octanol–water partition coefficient (Wildman–Crippen LogP) is 0.529. The number of methoxy groups -OCH3 is 1. The summed E-state index contributed by atoms with van der Waals surface area (Å²) < 4.78 is 10.4. The highest BCUT2D eigenvalue weighted by Gasteiger charge is 2.18. The lowest BCUT2D eigenvalue weighted by Crippen LogP contribution is -2.34. The van der Waals surface area contributed by atoms with Gasteiger partial charge in [-0.1, -0.05) is 0 Å². The molecule has 1 fully saturated rings. The highest BCUT2D eigenvalue weighted by atomic mass is 16.5. The van der Waals surface area contributed by atoms with Crippen LogP contribution in [0.15, 0.2) is 0 Å². The summed E-state index contributed by atoms with van der Waals surface area (Å²) >= 11 is 0. The molecule has 0 aromatic heterocycles. The average Bonchev–Trinajstić information content (AvgIpc) is 1.85. The second-order valence-corrected chi connectivity index (χ2v) is 3.10. The van der Waals surface area contributed by atoms with E-state index in [0.717, 1.165) is 0 Å². The van der Waals surface area contributed by atoms with Gasteiger partial charge in [-0.2, -0.15) is 0 Å². The van der Waals surface area contributed by atoms with E-state index in [4.69, 9.17) is 15.2 Å². The molecule has 1 aliphatic carbocycles. The summed E-state index contributed by atoms with van der Waals surface area (Å²) in [6, 6.07) is 0.0422. The number of nitrogens with two attached hydrogens (primary N) is 1. The molecule has 0 aromatic rings. The van der Waals surface area contributed by atoms with Crippen molar-refractivity contribution in [3.8, 4) is 0 Å². The molecule has 1 atom stereocenters. The zero-order valence-corrected chi connectivity index (χ0v) is 7.08. The van der Waals surface area contributed by atoms with E-state index in [-0.39, 0.29) is 6.04 Å². The van der Waals surface area contributed by atoms with Gasteiger partial charge in [0.05, 0.1) is 25.4 Å². The van der Waals surface area contributed by atoms with Gasteiger partial charge in [-0.05, 0) is 19.3 Å². The maximum atomic E-state index is 5.66. The summed E-state index contributed by atoms with van der Waals surface area (Å²) in [5.74, 6) is 0. The minimum atomic E-state index is 0.0422. The third kappa shape index (κ3) is 3.18. The van der Waals surface area contributed by atoms with Crippen LogP contribution in [0.25, 0.3) is 0 Å². The Morgan fingerprint density at radius 1 is 1.45 bits per heavy atom. The van der Waals surface area contributed by atoms with Gasteiger partial charge in [-0.25, -0.2) is 0 Å². The molecule has 3 heteroatoms. The number of ether oxygens (including phenoxy) is 2. The predicted molar refractivity (Wildman–Crippen MR) is 43.4 cm³/mol. The van der Waals surface area contributed by atoms with Crippen LogP contribution in [0.1, 0.15) is 19.3 Å². The third-order valence-electron chi connectivity index (χ3n) is 1.98. The maximum Gasteiger partial charge on any atom is 0.0643 e. The molecule has 1 unspecified atom stereocenters. The van der Waals surface area contributed by atoms with Gasteiger partial charge < -0.3 is 15.2 Å². The van der Waals surface area contributed by atoms with E-state index < -0.39 is 0 Å². The fourth-order valence-electron chi connectivity index (χ4n) is 1.06. The lowest BCUT2D eigenvalue weighted by atomic mass is 9.96. The lowest BCUT2D eigenvalue weighted by Gasteiger charge is -2.26. The van der Waals surface area contributed by atoms with Crippen molar-refractivity contribution in [2.24, 2.45) is 5.73 Å². The summed E-state index contributed by atoms with van der Waals surface area (Å²) in [5.41, 5.74) is 5.66. The van der Waals surface area contributed by atoms with Crippen LogP contribution in [-0.2, 0) is 9.47 Å². The van der Waals surface area contributed by atoms with Crippen LogP contribution in [0.5, 0.6) is 0 Å². The number of rotatable bonds is 5. The first kappa shape index (κ1) is 8.97. The van der Waals surface area contributed by atoms with E-state index in [1.54, 1.807) is 7.11 Å². The summed E-state index contributed by atoms with van der Waals surface area (Å²) in [4.78, 5) is 0. The molecule has 0 saturated heterocycles. The standard InChI is InChI=1S/C8H17NO2/c1-10-5-7(9)6-11-8-3-2-4-8/h7-8H,2-6,9H2,1H3. The lowest BCUT2D eigenvalue weighted by molar-refractivity contribution is -0.0128. The van der Waals surface area contributed by atoms with Crippen LogP contribution in [0.4, 0.5) is 0 Å². The minimum absolute atomic E-state index is 0.0422. The highest BCUT2D eigenvalue weighted by molar-refractivity contribution is 4.70. The van der Waals surface area contributed by atoms with Crippen molar-refractivity contribution in [2.45, 2.75) is 31.4 Å². The molecule has 0 aliphatic heterocycles. The van der Waals surface area contributed by atoms with Crippen LogP contribution in [0.2, 0.25) is 0 Å². The van der Waals surface area contributed by atoms with Gasteiger partial charge >= 0.3 is 0 Å². The molecule has 1 rings (SSSR count). The molecule has 0 bridgehead atoms. The molecule has 0 aromatic carbocycles. The van der Waals surface area contributed by atoms with Gasteiger partial charge in [0, 0.05) is 7.11 Å². The van der Waals surface area contributed by atoms with Crippen molar-refractivity contribution >= 4 is 0 Å². The molecule has 11 heavy (non-hydrogen) atoms. The van der Waals surface area contributed by atoms with Crippen molar-refractivity contribution in [3.05, 3.63) is 0 Å². The first-order valence-electron chi connectivity index (χ1n) is 4.19. The maximum absolute atomic E-state index is 5.66. The molecule has 0 amide bonds. The molecular formula is C8H17NO2. The first-order chi connectivity index (χ1) is 5.33. The van der Waals surface area contributed by atoms with Crippen LogP contribution in [0.3, 0.4) is 0 Å². The Morgan fingerprint density at radius 3 is 2.64 bits per heavy atom. The van der Waals surface area contributed by atoms with Crippen molar-refractivity contribution in [2.75, 3.05) is 20.3 Å². The van der Waals surface area contributed by atoms with Gasteiger partial charge in [-0.3, -0.25) is 0 Å². The second-order valence-electron chi connectivity index (χ2n) is 3.10. The van der Waals surface area contributed by atoms with Gasteiger partial charge in [0.15, 0.2) is 0 Å². The van der Waals surface area contributed by atoms with Gasteiger partial charge in [0.2, 0.25) is 0 Å². The van der Waals surface area contributed by atoms with Gasteiger partial charge in [0.1, 0.15) is 0 Å². The molecule has 66 valence electrons. The Labute approximate surface area is 67.9 Å². The number of hydrogen-bond donors (Lipinski definition) is 1. The van der Waals surface area contributed by atoms with Crippen molar-refractivity contribution in [3.63, 3.8) is 0 Å². The number of hydrogen-bond acceptors (Lipinski definition) is 3. The Balaban J connectivity index is 1.92. The van der Waals surface area contributed by atoms with Crippen LogP contribution in [0, 0.1) is 0 Å². The monoisotopic (exact) mass is 159 g/mol. The normalized spacial score (nSPS) is 21.3. The van der Waals surface area contributed by atoms with E-state index in [2.05, 4.69) is 0 Å². The Hall–Kier alpha value is -0.120. The Kier molecular flexibility index (Phi) is 3.83. The largest absolute Gasteiger partial charge is 0.383 e. The minimum Gasteiger partial charge on any atom is -0.383 e. The van der Waals surface area contributed by atoms with Gasteiger partial charge in [0.25, 0.3) is 0 Å². The molecule has 3 nitrogen and oxygen atoms in total. The fourth-order valence-corrected chi connectivity index (χ4v) is 1.06. The van der Waals surface area contributed by atoms with Crippen LogP contribution < -0.4 is 5.73 Å².